The van der Waals surface area contributed by atoms with Crippen LogP contribution in [-0.2, 0) is 12.6 Å². The average molecular weight is 365 g/mol. The molecule has 0 spiro atoms. The summed E-state index contributed by atoms with van der Waals surface area (Å²) in [7, 11) is 0. The highest BCUT2D eigenvalue weighted by atomic mass is 32.1. The Hall–Kier alpha value is -2.81. The smallest absolute Gasteiger partial charge is 0.264 e. The van der Waals surface area contributed by atoms with Gasteiger partial charge in [-0.3, -0.25) is 15.1 Å². The number of hydrogen-bond acceptors (Lipinski definition) is 5. The zero-order valence-electron chi connectivity index (χ0n) is 12.5. The van der Waals surface area contributed by atoms with Crippen molar-refractivity contribution < 1.29 is 18.1 Å². The molecular formula is C16H10F3N3O2S. The quantitative estimate of drug-likeness (QED) is 0.495. The summed E-state index contributed by atoms with van der Waals surface area (Å²) in [6.07, 6.45) is -2.10. The second-order valence-electron chi connectivity index (χ2n) is 5.19. The van der Waals surface area contributed by atoms with Crippen LogP contribution in [-0.4, -0.2) is 14.9 Å². The van der Waals surface area contributed by atoms with E-state index in [2.05, 4.69) is 9.97 Å². The maximum atomic E-state index is 12.7. The lowest BCUT2D eigenvalue weighted by Crippen LogP contribution is -2.06. The van der Waals surface area contributed by atoms with E-state index in [0.29, 0.717) is 21.8 Å². The van der Waals surface area contributed by atoms with Gasteiger partial charge in [-0.1, -0.05) is 12.1 Å². The normalized spacial score (nSPS) is 11.5. The van der Waals surface area contributed by atoms with Crippen LogP contribution in [0.15, 0.2) is 48.1 Å². The van der Waals surface area contributed by atoms with Crippen molar-refractivity contribution in [2.24, 2.45) is 0 Å². The number of hydrogen-bond donors (Lipinski definition) is 0. The summed E-state index contributed by atoms with van der Waals surface area (Å²) in [5.74, 6) is 0. The third-order valence-electron chi connectivity index (χ3n) is 3.38. The van der Waals surface area contributed by atoms with Crippen molar-refractivity contribution in [1.82, 2.24) is 9.97 Å². The summed E-state index contributed by atoms with van der Waals surface area (Å²) in [6, 6.07) is 7.08. The van der Waals surface area contributed by atoms with E-state index in [1.165, 1.54) is 29.7 Å². The molecule has 0 bridgehead atoms. The van der Waals surface area contributed by atoms with E-state index in [9.17, 15) is 23.3 Å². The van der Waals surface area contributed by atoms with Crippen molar-refractivity contribution in [1.29, 1.82) is 0 Å². The van der Waals surface area contributed by atoms with E-state index in [4.69, 9.17) is 0 Å². The number of rotatable bonds is 4. The first-order valence-corrected chi connectivity index (χ1v) is 7.91. The van der Waals surface area contributed by atoms with Crippen LogP contribution in [0, 0.1) is 10.1 Å². The van der Waals surface area contributed by atoms with Gasteiger partial charge in [0.2, 0.25) is 0 Å². The Morgan fingerprint density at radius 1 is 1.20 bits per heavy atom. The van der Waals surface area contributed by atoms with Crippen LogP contribution in [0.2, 0.25) is 0 Å². The van der Waals surface area contributed by atoms with Gasteiger partial charge in [-0.2, -0.15) is 13.2 Å². The Bertz CT molecular complexity index is 925. The van der Waals surface area contributed by atoms with Gasteiger partial charge in [0.1, 0.15) is 0 Å². The maximum Gasteiger partial charge on any atom is 0.417 e. The summed E-state index contributed by atoms with van der Waals surface area (Å²) in [4.78, 5) is 18.3. The zero-order valence-corrected chi connectivity index (χ0v) is 13.3. The number of non-ortho nitro benzene ring substituents is 1. The van der Waals surface area contributed by atoms with Crippen LogP contribution in [0.5, 0.6) is 0 Å². The van der Waals surface area contributed by atoms with Crippen molar-refractivity contribution >= 4 is 17.0 Å². The number of pyridine rings is 1. The molecule has 2 heterocycles. The van der Waals surface area contributed by atoms with Crippen molar-refractivity contribution in [3.05, 3.63) is 74.4 Å². The first kappa shape index (κ1) is 17.0. The van der Waals surface area contributed by atoms with E-state index < -0.39 is 16.7 Å². The van der Waals surface area contributed by atoms with Crippen LogP contribution >= 0.6 is 11.3 Å². The molecule has 0 amide bonds. The Balaban J connectivity index is 1.83. The largest absolute Gasteiger partial charge is 0.417 e. The Kier molecular flexibility index (Phi) is 4.49. The lowest BCUT2D eigenvalue weighted by molar-refractivity contribution is -0.384. The molecule has 0 saturated carbocycles. The highest BCUT2D eigenvalue weighted by Crippen LogP contribution is 2.30. The molecule has 2 aromatic heterocycles. The molecule has 0 aliphatic heterocycles. The summed E-state index contributed by atoms with van der Waals surface area (Å²) in [6.45, 7) is 0. The monoisotopic (exact) mass is 365 g/mol. The lowest BCUT2D eigenvalue weighted by atomic mass is 10.1. The minimum Gasteiger partial charge on any atom is -0.264 e. The molecular weight excluding hydrogens is 355 g/mol. The zero-order chi connectivity index (χ0) is 18.0. The molecule has 1 aromatic carbocycles. The molecule has 5 nitrogen and oxygen atoms in total. The minimum absolute atomic E-state index is 0.0471. The Morgan fingerprint density at radius 3 is 2.72 bits per heavy atom. The number of nitrogens with zero attached hydrogens (tertiary/aromatic N) is 3. The second-order valence-corrected chi connectivity index (χ2v) is 6.13. The van der Waals surface area contributed by atoms with Gasteiger partial charge in [-0.25, -0.2) is 4.98 Å². The predicted octanol–water partition coefficient (Wildman–Crippen LogP) is 4.72. The van der Waals surface area contributed by atoms with Gasteiger partial charge in [0.15, 0.2) is 0 Å². The van der Waals surface area contributed by atoms with Crippen molar-refractivity contribution in [2.45, 2.75) is 12.6 Å². The SMILES string of the molecule is O=[N+]([O-])c1cccc(-c2csc(Cc3cncc(C(F)(F)F)c3)n2)c1. The first-order valence-electron chi connectivity index (χ1n) is 7.03. The molecule has 0 aliphatic rings. The van der Waals surface area contributed by atoms with Gasteiger partial charge < -0.3 is 0 Å². The highest BCUT2D eigenvalue weighted by molar-refractivity contribution is 7.10. The molecule has 0 fully saturated rings. The van der Waals surface area contributed by atoms with Gasteiger partial charge in [-0.15, -0.1) is 11.3 Å². The number of nitro groups is 1. The Labute approximate surface area is 144 Å². The molecule has 3 rings (SSSR count). The number of thiazole rings is 1. The van der Waals surface area contributed by atoms with Gasteiger partial charge in [0.25, 0.3) is 5.69 Å². The van der Waals surface area contributed by atoms with Crippen LogP contribution in [0.4, 0.5) is 18.9 Å². The van der Waals surface area contributed by atoms with Crippen LogP contribution in [0.1, 0.15) is 16.1 Å². The predicted molar refractivity (Wildman–Crippen MR) is 86.2 cm³/mol. The van der Waals surface area contributed by atoms with Crippen molar-refractivity contribution in [3.8, 4) is 11.3 Å². The molecule has 0 N–H and O–H groups in total. The molecule has 0 aliphatic carbocycles. The van der Waals surface area contributed by atoms with E-state index in [-0.39, 0.29) is 12.1 Å². The van der Waals surface area contributed by atoms with Gasteiger partial charge in [0, 0.05) is 41.9 Å². The third kappa shape index (κ3) is 4.00. The number of benzene rings is 1. The van der Waals surface area contributed by atoms with E-state index in [1.807, 2.05) is 0 Å². The molecule has 0 saturated heterocycles. The number of halogens is 3. The van der Waals surface area contributed by atoms with E-state index >= 15 is 0 Å². The summed E-state index contributed by atoms with van der Waals surface area (Å²) < 4.78 is 38.2. The standard InChI is InChI=1S/C16H10F3N3O2S/c17-16(18,19)12-4-10(7-20-8-12)5-15-21-14(9-25-15)11-2-1-3-13(6-11)22(23)24/h1-4,6-9H,5H2. The second kappa shape index (κ2) is 6.60. The fraction of sp³-hybridized carbons (Fsp3) is 0.125. The van der Waals surface area contributed by atoms with Gasteiger partial charge in [0.05, 0.1) is 21.2 Å². The van der Waals surface area contributed by atoms with Crippen LogP contribution < -0.4 is 0 Å². The lowest BCUT2D eigenvalue weighted by Gasteiger charge is -2.07. The number of nitro benzene ring substituents is 1. The molecule has 0 unspecified atom stereocenters. The number of alkyl halides is 3. The Morgan fingerprint density at radius 2 is 2.00 bits per heavy atom. The maximum absolute atomic E-state index is 12.7. The fourth-order valence-electron chi connectivity index (χ4n) is 2.22. The fourth-order valence-corrected chi connectivity index (χ4v) is 3.05. The van der Waals surface area contributed by atoms with Crippen LogP contribution in [0.3, 0.4) is 0 Å². The first-order chi connectivity index (χ1) is 11.8. The summed E-state index contributed by atoms with van der Waals surface area (Å²) >= 11 is 1.28. The van der Waals surface area contributed by atoms with Gasteiger partial charge in [-0.05, 0) is 11.6 Å². The highest BCUT2D eigenvalue weighted by Gasteiger charge is 2.31. The van der Waals surface area contributed by atoms with Crippen molar-refractivity contribution in [2.75, 3.05) is 0 Å². The van der Waals surface area contributed by atoms with Gasteiger partial charge >= 0.3 is 6.18 Å². The molecule has 0 radical (unpaired) electrons. The molecule has 128 valence electrons. The third-order valence-corrected chi connectivity index (χ3v) is 4.23. The molecule has 0 atom stereocenters. The molecule has 9 heteroatoms. The van der Waals surface area contributed by atoms with Crippen LogP contribution in [0.25, 0.3) is 11.3 Å². The van der Waals surface area contributed by atoms with Crippen molar-refractivity contribution in [3.63, 3.8) is 0 Å². The summed E-state index contributed by atoms with van der Waals surface area (Å²) in [5, 5.41) is 13.2. The van der Waals surface area contributed by atoms with E-state index in [1.54, 1.807) is 17.5 Å². The minimum atomic E-state index is -4.44. The topological polar surface area (TPSA) is 68.9 Å². The molecule has 25 heavy (non-hydrogen) atoms. The average Bonchev–Trinajstić information content (AvgIpc) is 3.03. The summed E-state index contributed by atoms with van der Waals surface area (Å²) in [5.41, 5.74) is 0.673. The molecule has 3 aromatic rings. The van der Waals surface area contributed by atoms with E-state index in [0.717, 1.165) is 12.3 Å². The number of aromatic nitrogens is 2.